The zero-order valence-corrected chi connectivity index (χ0v) is 15.5. The Morgan fingerprint density at radius 1 is 0.926 bits per heavy atom. The number of amides is 1. The number of nitrogens with one attached hydrogen (secondary N) is 1. The first-order valence-electron chi connectivity index (χ1n) is 8.80. The molecule has 1 amide bonds. The molecule has 0 radical (unpaired) electrons. The number of carbonyl (C=O) groups is 1. The van der Waals surface area contributed by atoms with E-state index in [1.807, 2.05) is 54.6 Å². The third kappa shape index (κ3) is 4.54. The van der Waals surface area contributed by atoms with E-state index in [-0.39, 0.29) is 12.5 Å². The summed E-state index contributed by atoms with van der Waals surface area (Å²) >= 11 is 0. The van der Waals surface area contributed by atoms with Gasteiger partial charge in [-0.25, -0.2) is 0 Å². The number of hydrogen-bond donors (Lipinski definition) is 2. The minimum Gasteiger partial charge on any atom is -0.497 e. The average molecular weight is 361 g/mol. The van der Waals surface area contributed by atoms with Gasteiger partial charge in [0.15, 0.2) is 0 Å². The van der Waals surface area contributed by atoms with Crippen molar-refractivity contribution < 1.29 is 14.6 Å². The fourth-order valence-corrected chi connectivity index (χ4v) is 2.85. The first-order valence-corrected chi connectivity index (χ1v) is 8.80. The lowest BCUT2D eigenvalue weighted by Gasteiger charge is -2.24. The van der Waals surface area contributed by atoms with Gasteiger partial charge in [-0.05, 0) is 47.9 Å². The van der Waals surface area contributed by atoms with E-state index in [2.05, 4.69) is 5.32 Å². The van der Waals surface area contributed by atoms with Crippen LogP contribution in [0.25, 0.3) is 11.1 Å². The van der Waals surface area contributed by atoms with Crippen LogP contribution in [0.4, 0.5) is 0 Å². The van der Waals surface area contributed by atoms with Gasteiger partial charge in [-0.15, -0.1) is 0 Å². The van der Waals surface area contributed by atoms with Crippen LogP contribution in [0.2, 0.25) is 0 Å². The smallest absolute Gasteiger partial charge is 0.251 e. The minimum atomic E-state index is -1.17. The van der Waals surface area contributed by atoms with Crippen molar-refractivity contribution in [2.45, 2.75) is 12.5 Å². The third-order valence-electron chi connectivity index (χ3n) is 4.56. The van der Waals surface area contributed by atoms with Gasteiger partial charge in [0.1, 0.15) is 11.4 Å². The molecular formula is C23H23NO3. The van der Waals surface area contributed by atoms with Crippen molar-refractivity contribution in [1.82, 2.24) is 5.32 Å². The molecule has 0 bridgehead atoms. The van der Waals surface area contributed by atoms with E-state index < -0.39 is 5.60 Å². The zero-order chi connectivity index (χ0) is 19.3. The van der Waals surface area contributed by atoms with E-state index in [1.165, 1.54) is 0 Å². The highest BCUT2D eigenvalue weighted by Crippen LogP contribution is 2.25. The molecule has 3 rings (SSSR count). The minimum absolute atomic E-state index is 0.114. The van der Waals surface area contributed by atoms with Crippen molar-refractivity contribution >= 4 is 5.91 Å². The molecule has 0 aliphatic heterocycles. The lowest BCUT2D eigenvalue weighted by Crippen LogP contribution is -2.38. The Morgan fingerprint density at radius 3 is 2.11 bits per heavy atom. The second kappa shape index (κ2) is 8.06. The summed E-state index contributed by atoms with van der Waals surface area (Å²) in [4.78, 5) is 12.3. The molecule has 3 aromatic rings. The van der Waals surface area contributed by atoms with Crippen LogP contribution in [0.15, 0.2) is 78.9 Å². The number of benzene rings is 3. The summed E-state index contributed by atoms with van der Waals surface area (Å²) in [5, 5.41) is 13.6. The van der Waals surface area contributed by atoms with Gasteiger partial charge < -0.3 is 15.2 Å². The van der Waals surface area contributed by atoms with Crippen LogP contribution in [0.5, 0.6) is 5.75 Å². The van der Waals surface area contributed by atoms with Gasteiger partial charge in [0.05, 0.1) is 13.7 Å². The van der Waals surface area contributed by atoms with Gasteiger partial charge in [0.2, 0.25) is 0 Å². The molecule has 0 aromatic heterocycles. The van der Waals surface area contributed by atoms with Gasteiger partial charge in [0, 0.05) is 5.56 Å². The van der Waals surface area contributed by atoms with Crippen molar-refractivity contribution in [2.24, 2.45) is 0 Å². The van der Waals surface area contributed by atoms with Crippen LogP contribution in [0, 0.1) is 0 Å². The molecule has 27 heavy (non-hydrogen) atoms. The highest BCUT2D eigenvalue weighted by atomic mass is 16.5. The summed E-state index contributed by atoms with van der Waals surface area (Å²) in [6, 6.07) is 24.6. The molecule has 0 aliphatic rings. The van der Waals surface area contributed by atoms with E-state index >= 15 is 0 Å². The maximum atomic E-state index is 12.3. The summed E-state index contributed by atoms with van der Waals surface area (Å²) < 4.78 is 5.09. The van der Waals surface area contributed by atoms with Crippen molar-refractivity contribution in [3.05, 3.63) is 90.0 Å². The summed E-state index contributed by atoms with van der Waals surface area (Å²) in [5.74, 6) is 0.455. The summed E-state index contributed by atoms with van der Waals surface area (Å²) in [6.07, 6.45) is 0. The zero-order valence-electron chi connectivity index (χ0n) is 15.5. The molecule has 2 N–H and O–H groups in total. The van der Waals surface area contributed by atoms with E-state index in [0.717, 1.165) is 16.7 Å². The quantitative estimate of drug-likeness (QED) is 0.698. The molecule has 0 spiro atoms. The Bertz CT molecular complexity index is 885. The van der Waals surface area contributed by atoms with Crippen LogP contribution in [0.3, 0.4) is 0 Å². The van der Waals surface area contributed by atoms with Gasteiger partial charge in [-0.1, -0.05) is 54.6 Å². The maximum absolute atomic E-state index is 12.3. The second-order valence-corrected chi connectivity index (χ2v) is 6.63. The van der Waals surface area contributed by atoms with Crippen molar-refractivity contribution in [1.29, 1.82) is 0 Å². The number of methoxy groups -OCH3 is 1. The number of aliphatic hydroxyl groups is 1. The molecule has 0 fully saturated rings. The van der Waals surface area contributed by atoms with Crippen molar-refractivity contribution in [2.75, 3.05) is 13.7 Å². The van der Waals surface area contributed by atoms with Crippen LogP contribution in [-0.4, -0.2) is 24.7 Å². The molecule has 0 heterocycles. The highest BCUT2D eigenvalue weighted by Gasteiger charge is 2.24. The van der Waals surface area contributed by atoms with Crippen LogP contribution in [-0.2, 0) is 5.60 Å². The number of rotatable bonds is 6. The first-order chi connectivity index (χ1) is 13.0. The van der Waals surface area contributed by atoms with E-state index in [4.69, 9.17) is 4.74 Å². The predicted molar refractivity (Wildman–Crippen MR) is 107 cm³/mol. The van der Waals surface area contributed by atoms with E-state index in [0.29, 0.717) is 11.3 Å². The van der Waals surface area contributed by atoms with Crippen molar-refractivity contribution in [3.63, 3.8) is 0 Å². The fourth-order valence-electron chi connectivity index (χ4n) is 2.85. The fraction of sp³-hybridized carbons (Fsp3) is 0.174. The molecule has 3 aromatic carbocycles. The number of ether oxygens (including phenoxy) is 1. The van der Waals surface area contributed by atoms with Gasteiger partial charge in [-0.2, -0.15) is 0 Å². The van der Waals surface area contributed by atoms with Crippen LogP contribution < -0.4 is 10.1 Å². The van der Waals surface area contributed by atoms with Gasteiger partial charge in [0.25, 0.3) is 5.91 Å². The molecule has 1 atom stereocenters. The Balaban J connectivity index is 1.66. The predicted octanol–water partition coefficient (Wildman–Crippen LogP) is 4.00. The Labute approximate surface area is 159 Å². The summed E-state index contributed by atoms with van der Waals surface area (Å²) in [7, 11) is 1.58. The SMILES string of the molecule is COc1ccc(C(=O)NCC(C)(O)c2ccc(-c3ccccc3)cc2)cc1. The number of carbonyl (C=O) groups excluding carboxylic acids is 1. The summed E-state index contributed by atoms with van der Waals surface area (Å²) in [6.45, 7) is 1.81. The lowest BCUT2D eigenvalue weighted by atomic mass is 9.93. The van der Waals surface area contributed by atoms with Crippen LogP contribution in [0.1, 0.15) is 22.8 Å². The molecule has 138 valence electrons. The largest absolute Gasteiger partial charge is 0.497 e. The van der Waals surface area contributed by atoms with E-state index in [1.54, 1.807) is 38.3 Å². The molecule has 0 saturated heterocycles. The molecule has 0 aliphatic carbocycles. The monoisotopic (exact) mass is 361 g/mol. The molecule has 0 saturated carbocycles. The molecular weight excluding hydrogens is 338 g/mol. The maximum Gasteiger partial charge on any atom is 0.251 e. The summed E-state index contributed by atoms with van der Waals surface area (Å²) in [5.41, 5.74) is 2.30. The van der Waals surface area contributed by atoms with Crippen molar-refractivity contribution in [3.8, 4) is 16.9 Å². The van der Waals surface area contributed by atoms with E-state index in [9.17, 15) is 9.90 Å². The van der Waals surface area contributed by atoms with Gasteiger partial charge >= 0.3 is 0 Å². The third-order valence-corrected chi connectivity index (χ3v) is 4.56. The Morgan fingerprint density at radius 2 is 1.52 bits per heavy atom. The second-order valence-electron chi connectivity index (χ2n) is 6.63. The van der Waals surface area contributed by atoms with Gasteiger partial charge in [-0.3, -0.25) is 4.79 Å². The molecule has 4 nitrogen and oxygen atoms in total. The Hall–Kier alpha value is -3.11. The molecule has 1 unspecified atom stereocenters. The average Bonchev–Trinajstić information content (AvgIpc) is 2.73. The standard InChI is InChI=1S/C23H23NO3/c1-23(26,16-24-22(25)19-10-14-21(27-2)15-11-19)20-12-8-18(9-13-20)17-6-4-3-5-7-17/h3-15,26H,16H2,1-2H3,(H,24,25). The van der Waals surface area contributed by atoms with Crippen LogP contribution >= 0.6 is 0 Å². The lowest BCUT2D eigenvalue weighted by molar-refractivity contribution is 0.0526. The first kappa shape index (κ1) is 18.7. The normalized spacial score (nSPS) is 12.9. The Kier molecular flexibility index (Phi) is 5.57. The highest BCUT2D eigenvalue weighted by molar-refractivity contribution is 5.94. The molecule has 4 heteroatoms. The number of hydrogen-bond acceptors (Lipinski definition) is 3. The topological polar surface area (TPSA) is 58.6 Å².